The van der Waals surface area contributed by atoms with E-state index in [1.165, 1.54) is 23.1 Å². The highest BCUT2D eigenvalue weighted by molar-refractivity contribution is 6.06. The van der Waals surface area contributed by atoms with Gasteiger partial charge in [-0.2, -0.15) is 0 Å². The Labute approximate surface area is 156 Å². The first-order valence-electron chi connectivity index (χ1n) is 9.06. The number of nitrogens with zero attached hydrogens (tertiary/aromatic N) is 2. The van der Waals surface area contributed by atoms with Gasteiger partial charge in [-0.25, -0.2) is 4.39 Å². The zero-order valence-electron chi connectivity index (χ0n) is 15.4. The standard InChI is InChI=1S/C20H23FN2O4/c1-3-6-20(19(26)27)7-8-23(11-17(20)24)18(25)15-9-12(2)22-16-10-13(21)4-5-14(15)16/h4-5,9-10,17,24H,3,6-8,11H2,1-2H3,(H,26,27)/t17-,20+/m1/s1. The number of hydrogen-bond acceptors (Lipinski definition) is 4. The van der Waals surface area contributed by atoms with Crippen LogP contribution >= 0.6 is 0 Å². The zero-order chi connectivity index (χ0) is 19.8. The minimum absolute atomic E-state index is 0.0464. The lowest BCUT2D eigenvalue weighted by atomic mass is 9.72. The molecule has 1 aliphatic rings. The van der Waals surface area contributed by atoms with E-state index in [-0.39, 0.29) is 25.4 Å². The van der Waals surface area contributed by atoms with Crippen LogP contribution in [0.25, 0.3) is 10.9 Å². The molecule has 3 rings (SSSR count). The number of benzene rings is 1. The Hall–Kier alpha value is -2.54. The predicted octanol–water partition coefficient (Wildman–Crippen LogP) is 2.76. The minimum Gasteiger partial charge on any atom is -0.481 e. The number of halogens is 1. The Bertz CT molecular complexity index is 896. The lowest BCUT2D eigenvalue weighted by Gasteiger charge is -2.42. The van der Waals surface area contributed by atoms with E-state index < -0.39 is 23.3 Å². The van der Waals surface area contributed by atoms with E-state index in [1.54, 1.807) is 13.0 Å². The van der Waals surface area contributed by atoms with E-state index in [2.05, 4.69) is 4.98 Å². The van der Waals surface area contributed by atoms with Gasteiger partial charge in [0.2, 0.25) is 0 Å². The summed E-state index contributed by atoms with van der Waals surface area (Å²) >= 11 is 0. The van der Waals surface area contributed by atoms with Crippen LogP contribution in [0.3, 0.4) is 0 Å². The Kier molecular flexibility index (Phi) is 5.15. The maximum absolute atomic E-state index is 13.5. The summed E-state index contributed by atoms with van der Waals surface area (Å²) in [5.74, 6) is -1.77. The average Bonchev–Trinajstić information content (AvgIpc) is 2.61. The van der Waals surface area contributed by atoms with Crippen LogP contribution in [0.2, 0.25) is 0 Å². The van der Waals surface area contributed by atoms with Gasteiger partial charge in [0.15, 0.2) is 0 Å². The topological polar surface area (TPSA) is 90.7 Å². The molecule has 2 heterocycles. The first-order chi connectivity index (χ1) is 12.8. The lowest BCUT2D eigenvalue weighted by Crippen LogP contribution is -2.56. The van der Waals surface area contributed by atoms with Crippen molar-refractivity contribution in [2.45, 2.75) is 39.2 Å². The molecule has 0 unspecified atom stereocenters. The molecule has 0 spiro atoms. The van der Waals surface area contributed by atoms with Gasteiger partial charge < -0.3 is 15.1 Å². The molecule has 1 saturated heterocycles. The van der Waals surface area contributed by atoms with Crippen LogP contribution in [0, 0.1) is 18.2 Å². The van der Waals surface area contributed by atoms with Crippen LogP contribution in [-0.4, -0.2) is 51.2 Å². The number of pyridine rings is 1. The van der Waals surface area contributed by atoms with Gasteiger partial charge in [0.1, 0.15) is 5.82 Å². The van der Waals surface area contributed by atoms with Crippen LogP contribution in [0.5, 0.6) is 0 Å². The second-order valence-corrected chi connectivity index (χ2v) is 7.20. The summed E-state index contributed by atoms with van der Waals surface area (Å²) in [5, 5.41) is 20.7. The number of β-amino-alcohol motifs (C(OH)–C–C–N with tert-alkyl or cyclic N) is 1. The van der Waals surface area contributed by atoms with Crippen LogP contribution in [-0.2, 0) is 4.79 Å². The third-order valence-electron chi connectivity index (χ3n) is 5.40. The Morgan fingerprint density at radius 2 is 2.11 bits per heavy atom. The van der Waals surface area contributed by atoms with Gasteiger partial charge in [0.05, 0.1) is 22.6 Å². The summed E-state index contributed by atoms with van der Waals surface area (Å²) in [5.41, 5.74) is 0.134. The highest BCUT2D eigenvalue weighted by atomic mass is 19.1. The SMILES string of the molecule is CCC[C@]1(C(=O)O)CCN(C(=O)c2cc(C)nc3cc(F)ccc23)C[C@H]1O. The van der Waals surface area contributed by atoms with Gasteiger partial charge in [0.25, 0.3) is 5.91 Å². The van der Waals surface area contributed by atoms with Gasteiger partial charge in [-0.05, 0) is 38.0 Å². The fraction of sp³-hybridized carbons (Fsp3) is 0.450. The monoisotopic (exact) mass is 374 g/mol. The second-order valence-electron chi connectivity index (χ2n) is 7.20. The van der Waals surface area contributed by atoms with Crippen LogP contribution < -0.4 is 0 Å². The number of amides is 1. The van der Waals surface area contributed by atoms with Crippen molar-refractivity contribution in [1.82, 2.24) is 9.88 Å². The largest absolute Gasteiger partial charge is 0.481 e. The third-order valence-corrected chi connectivity index (χ3v) is 5.40. The first kappa shape index (κ1) is 19.2. The number of piperidine rings is 1. The fourth-order valence-corrected chi connectivity index (χ4v) is 3.94. The Morgan fingerprint density at radius 3 is 2.74 bits per heavy atom. The molecule has 0 saturated carbocycles. The number of fused-ring (bicyclic) bond motifs is 1. The van der Waals surface area contributed by atoms with Gasteiger partial charge in [0, 0.05) is 30.2 Å². The molecule has 2 N–H and O–H groups in total. The van der Waals surface area contributed by atoms with Crippen molar-refractivity contribution in [1.29, 1.82) is 0 Å². The number of hydrogen-bond donors (Lipinski definition) is 2. The van der Waals surface area contributed by atoms with Crippen molar-refractivity contribution >= 4 is 22.8 Å². The van der Waals surface area contributed by atoms with Crippen molar-refractivity contribution in [3.05, 3.63) is 41.3 Å². The van der Waals surface area contributed by atoms with E-state index in [4.69, 9.17) is 0 Å². The van der Waals surface area contributed by atoms with E-state index in [0.717, 1.165) is 0 Å². The van der Waals surface area contributed by atoms with Crippen molar-refractivity contribution in [2.75, 3.05) is 13.1 Å². The summed E-state index contributed by atoms with van der Waals surface area (Å²) < 4.78 is 13.5. The Morgan fingerprint density at radius 1 is 1.37 bits per heavy atom. The zero-order valence-corrected chi connectivity index (χ0v) is 15.4. The number of aliphatic hydroxyl groups is 1. The summed E-state index contributed by atoms with van der Waals surface area (Å²) in [7, 11) is 0. The van der Waals surface area contributed by atoms with Crippen LogP contribution in [0.4, 0.5) is 4.39 Å². The minimum atomic E-state index is -1.22. The number of carboxylic acid groups (broad SMARTS) is 1. The third kappa shape index (κ3) is 3.39. The fourth-order valence-electron chi connectivity index (χ4n) is 3.94. The molecule has 0 radical (unpaired) electrons. The average molecular weight is 374 g/mol. The molecule has 0 bridgehead atoms. The van der Waals surface area contributed by atoms with Crippen LogP contribution in [0.1, 0.15) is 42.2 Å². The molecular formula is C20H23FN2O4. The molecule has 1 aromatic carbocycles. The number of carboxylic acids is 1. The number of aliphatic hydroxyl groups excluding tert-OH is 1. The van der Waals surface area contributed by atoms with E-state index in [9.17, 15) is 24.2 Å². The molecule has 27 heavy (non-hydrogen) atoms. The number of carbonyl (C=O) groups is 2. The molecule has 6 nitrogen and oxygen atoms in total. The molecule has 1 aromatic heterocycles. The predicted molar refractivity (Wildman–Crippen MR) is 97.9 cm³/mol. The van der Waals surface area contributed by atoms with Crippen molar-refractivity contribution < 1.29 is 24.2 Å². The van der Waals surface area contributed by atoms with Crippen molar-refractivity contribution in [3.8, 4) is 0 Å². The van der Waals surface area contributed by atoms with E-state index in [0.29, 0.717) is 35.0 Å². The molecular weight excluding hydrogens is 351 g/mol. The molecule has 144 valence electrons. The van der Waals surface area contributed by atoms with E-state index in [1.807, 2.05) is 6.92 Å². The summed E-state index contributed by atoms with van der Waals surface area (Å²) in [6, 6.07) is 5.71. The van der Waals surface area contributed by atoms with Gasteiger partial charge >= 0.3 is 5.97 Å². The molecule has 0 aliphatic carbocycles. The van der Waals surface area contributed by atoms with Gasteiger partial charge in [-0.3, -0.25) is 14.6 Å². The first-order valence-corrected chi connectivity index (χ1v) is 9.06. The van der Waals surface area contributed by atoms with Crippen LogP contribution in [0.15, 0.2) is 24.3 Å². The van der Waals surface area contributed by atoms with Gasteiger partial charge in [-0.1, -0.05) is 13.3 Å². The lowest BCUT2D eigenvalue weighted by molar-refractivity contribution is -0.162. The van der Waals surface area contributed by atoms with E-state index >= 15 is 0 Å². The molecule has 7 heteroatoms. The van der Waals surface area contributed by atoms with Crippen molar-refractivity contribution in [2.24, 2.45) is 5.41 Å². The smallest absolute Gasteiger partial charge is 0.312 e. The number of aliphatic carboxylic acids is 1. The summed E-state index contributed by atoms with van der Waals surface area (Å²) in [6.07, 6.45) is 0.0538. The van der Waals surface area contributed by atoms with Crippen molar-refractivity contribution in [3.63, 3.8) is 0 Å². The van der Waals surface area contributed by atoms with Gasteiger partial charge in [-0.15, -0.1) is 0 Å². The second kappa shape index (κ2) is 7.23. The summed E-state index contributed by atoms with van der Waals surface area (Å²) in [6.45, 7) is 3.80. The highest BCUT2D eigenvalue weighted by Crippen LogP contribution is 2.37. The molecule has 1 aliphatic heterocycles. The normalized spacial score (nSPS) is 22.8. The maximum atomic E-state index is 13.5. The molecule has 2 aromatic rings. The molecule has 2 atom stereocenters. The number of aromatic nitrogens is 1. The number of carbonyl (C=O) groups excluding carboxylic acids is 1. The maximum Gasteiger partial charge on any atom is 0.312 e. The molecule has 1 fully saturated rings. The number of rotatable bonds is 4. The number of likely N-dealkylation sites (tertiary alicyclic amines) is 1. The Balaban J connectivity index is 1.92. The highest BCUT2D eigenvalue weighted by Gasteiger charge is 2.48. The number of aryl methyl sites for hydroxylation is 1. The quantitative estimate of drug-likeness (QED) is 0.859. The summed E-state index contributed by atoms with van der Waals surface area (Å²) in [4.78, 5) is 30.6. The molecule has 1 amide bonds.